The summed E-state index contributed by atoms with van der Waals surface area (Å²) < 4.78 is 5.81. The molecule has 126 valence electrons. The lowest BCUT2D eigenvalue weighted by atomic mass is 9.95. The molecule has 2 N–H and O–H groups in total. The fraction of sp³-hybridized carbons (Fsp3) is 0.316. The van der Waals surface area contributed by atoms with E-state index in [4.69, 9.17) is 4.74 Å². The Kier molecular flexibility index (Phi) is 4.83. The molecule has 0 aliphatic carbocycles. The van der Waals surface area contributed by atoms with Crippen molar-refractivity contribution in [2.24, 2.45) is 0 Å². The highest BCUT2D eigenvalue weighted by Gasteiger charge is 2.23. The Labute approximate surface area is 141 Å². The van der Waals surface area contributed by atoms with Crippen molar-refractivity contribution in [2.45, 2.75) is 32.5 Å². The Morgan fingerprint density at radius 3 is 2.83 bits per heavy atom. The lowest BCUT2D eigenvalue weighted by Crippen LogP contribution is -2.27. The fourth-order valence-corrected chi connectivity index (χ4v) is 2.91. The molecule has 1 amide bonds. The van der Waals surface area contributed by atoms with Gasteiger partial charge < -0.3 is 9.84 Å². The Morgan fingerprint density at radius 1 is 1.25 bits per heavy atom. The van der Waals surface area contributed by atoms with Crippen molar-refractivity contribution < 1.29 is 19.8 Å². The van der Waals surface area contributed by atoms with Gasteiger partial charge in [0.15, 0.2) is 0 Å². The second-order valence-corrected chi connectivity index (χ2v) is 5.87. The number of fused-ring (bicyclic) bond motifs is 2. The minimum absolute atomic E-state index is 0.219. The predicted molar refractivity (Wildman–Crippen MR) is 88.8 cm³/mol. The van der Waals surface area contributed by atoms with Crippen LogP contribution >= 0.6 is 0 Å². The SMILES string of the molecule is CCN(O)C(=O)CCc1ccc2c(c1)C(O)c1ccccc1CO2. The Bertz CT molecular complexity index is 744. The third kappa shape index (κ3) is 3.27. The molecule has 1 heterocycles. The number of carbonyl (C=O) groups excluding carboxylic acids is 1. The van der Waals surface area contributed by atoms with Crippen molar-refractivity contribution in [1.82, 2.24) is 5.06 Å². The minimum atomic E-state index is -0.751. The number of nitrogens with zero attached hydrogens (tertiary/aromatic N) is 1. The summed E-state index contributed by atoms with van der Waals surface area (Å²) in [6, 6.07) is 13.3. The van der Waals surface area contributed by atoms with Gasteiger partial charge in [0, 0.05) is 18.5 Å². The van der Waals surface area contributed by atoms with E-state index in [0.717, 1.165) is 21.8 Å². The topological polar surface area (TPSA) is 70.0 Å². The van der Waals surface area contributed by atoms with E-state index in [1.54, 1.807) is 6.92 Å². The summed E-state index contributed by atoms with van der Waals surface area (Å²) >= 11 is 0. The predicted octanol–water partition coefficient (Wildman–Crippen LogP) is 2.83. The number of hydrogen-bond acceptors (Lipinski definition) is 4. The number of benzene rings is 2. The number of amides is 1. The lowest BCUT2D eigenvalue weighted by molar-refractivity contribution is -0.164. The van der Waals surface area contributed by atoms with Gasteiger partial charge in [-0.05, 0) is 42.2 Å². The number of aliphatic hydroxyl groups excluding tert-OH is 1. The van der Waals surface area contributed by atoms with Crippen LogP contribution in [0.4, 0.5) is 0 Å². The largest absolute Gasteiger partial charge is 0.488 e. The number of carbonyl (C=O) groups is 1. The first-order valence-corrected chi connectivity index (χ1v) is 8.11. The van der Waals surface area contributed by atoms with Gasteiger partial charge in [-0.25, -0.2) is 5.06 Å². The van der Waals surface area contributed by atoms with Gasteiger partial charge >= 0.3 is 0 Å². The van der Waals surface area contributed by atoms with E-state index in [9.17, 15) is 15.1 Å². The molecule has 2 aromatic rings. The van der Waals surface area contributed by atoms with E-state index in [2.05, 4.69) is 0 Å². The van der Waals surface area contributed by atoms with Gasteiger partial charge in [-0.2, -0.15) is 0 Å². The summed E-state index contributed by atoms with van der Waals surface area (Å²) in [5, 5.41) is 20.9. The minimum Gasteiger partial charge on any atom is -0.488 e. The standard InChI is InChI=1S/C19H21NO4/c1-2-20(23)18(21)10-8-13-7-9-17-16(11-13)19(22)15-6-4-3-5-14(15)12-24-17/h3-7,9,11,19,22-23H,2,8,10,12H2,1H3. The van der Waals surface area contributed by atoms with E-state index in [0.29, 0.717) is 24.3 Å². The lowest BCUT2D eigenvalue weighted by Gasteiger charge is -2.15. The van der Waals surface area contributed by atoms with Crippen LogP contribution in [-0.4, -0.2) is 27.8 Å². The van der Waals surface area contributed by atoms with Gasteiger partial charge in [0.1, 0.15) is 18.5 Å². The van der Waals surface area contributed by atoms with E-state index >= 15 is 0 Å². The number of aliphatic hydroxyl groups is 1. The van der Waals surface area contributed by atoms with Gasteiger partial charge in [0.05, 0.1) is 0 Å². The van der Waals surface area contributed by atoms with Gasteiger partial charge in [0.25, 0.3) is 0 Å². The Hall–Kier alpha value is -2.37. The second-order valence-electron chi connectivity index (χ2n) is 5.87. The quantitative estimate of drug-likeness (QED) is 0.669. The van der Waals surface area contributed by atoms with Crippen molar-refractivity contribution in [3.8, 4) is 5.75 Å². The summed E-state index contributed by atoms with van der Waals surface area (Å²) in [7, 11) is 0. The van der Waals surface area contributed by atoms with Crippen LogP contribution in [-0.2, 0) is 17.8 Å². The zero-order chi connectivity index (χ0) is 17.1. The van der Waals surface area contributed by atoms with Crippen molar-refractivity contribution in [3.05, 3.63) is 64.7 Å². The third-order valence-corrected chi connectivity index (χ3v) is 4.32. The van der Waals surface area contributed by atoms with E-state index < -0.39 is 6.10 Å². The van der Waals surface area contributed by atoms with Crippen molar-refractivity contribution in [3.63, 3.8) is 0 Å². The summed E-state index contributed by atoms with van der Waals surface area (Å²) in [6.45, 7) is 2.41. The zero-order valence-electron chi connectivity index (χ0n) is 13.6. The van der Waals surface area contributed by atoms with Gasteiger partial charge in [-0.1, -0.05) is 30.3 Å². The first-order chi connectivity index (χ1) is 11.6. The van der Waals surface area contributed by atoms with E-state index in [-0.39, 0.29) is 18.9 Å². The summed E-state index contributed by atoms with van der Waals surface area (Å²) in [6.07, 6.45) is -0.0341. The van der Waals surface area contributed by atoms with Crippen LogP contribution in [0.15, 0.2) is 42.5 Å². The maximum Gasteiger partial charge on any atom is 0.246 e. The Balaban J connectivity index is 1.82. The molecule has 0 spiro atoms. The molecule has 0 saturated heterocycles. The fourth-order valence-electron chi connectivity index (χ4n) is 2.91. The van der Waals surface area contributed by atoms with Gasteiger partial charge in [-0.15, -0.1) is 0 Å². The van der Waals surface area contributed by atoms with Crippen LogP contribution in [0.2, 0.25) is 0 Å². The number of rotatable bonds is 4. The summed E-state index contributed by atoms with van der Waals surface area (Å²) in [4.78, 5) is 11.7. The van der Waals surface area contributed by atoms with Crippen LogP contribution in [0.1, 0.15) is 41.7 Å². The normalized spacial score (nSPS) is 15.7. The molecule has 1 atom stereocenters. The molecule has 0 bridgehead atoms. The molecule has 24 heavy (non-hydrogen) atoms. The molecule has 0 radical (unpaired) electrons. The van der Waals surface area contributed by atoms with Crippen LogP contribution in [0.25, 0.3) is 0 Å². The van der Waals surface area contributed by atoms with Crippen LogP contribution < -0.4 is 4.74 Å². The third-order valence-electron chi connectivity index (χ3n) is 4.32. The molecule has 1 unspecified atom stereocenters. The zero-order valence-corrected chi connectivity index (χ0v) is 13.6. The molecule has 2 aromatic carbocycles. The average Bonchev–Trinajstić information content (AvgIpc) is 2.76. The monoisotopic (exact) mass is 327 g/mol. The second kappa shape index (κ2) is 7.03. The highest BCUT2D eigenvalue weighted by atomic mass is 16.5. The first kappa shape index (κ1) is 16.5. The van der Waals surface area contributed by atoms with Crippen molar-refractivity contribution >= 4 is 5.91 Å². The highest BCUT2D eigenvalue weighted by Crippen LogP contribution is 2.36. The van der Waals surface area contributed by atoms with Crippen LogP contribution in [0, 0.1) is 0 Å². The van der Waals surface area contributed by atoms with E-state index in [1.165, 1.54) is 0 Å². The number of aryl methyl sites for hydroxylation is 1. The highest BCUT2D eigenvalue weighted by molar-refractivity contribution is 5.75. The number of ether oxygens (including phenoxy) is 1. The molecule has 1 aliphatic rings. The maximum absolute atomic E-state index is 11.7. The summed E-state index contributed by atoms with van der Waals surface area (Å²) in [5.41, 5.74) is 3.45. The molecule has 3 rings (SSSR count). The maximum atomic E-state index is 11.7. The Morgan fingerprint density at radius 2 is 2.04 bits per heavy atom. The van der Waals surface area contributed by atoms with Crippen molar-refractivity contribution in [2.75, 3.05) is 6.54 Å². The van der Waals surface area contributed by atoms with Crippen LogP contribution in [0.3, 0.4) is 0 Å². The molecule has 1 aliphatic heterocycles. The molecular weight excluding hydrogens is 306 g/mol. The smallest absolute Gasteiger partial charge is 0.246 e. The van der Waals surface area contributed by atoms with Gasteiger partial charge in [0.2, 0.25) is 5.91 Å². The molecule has 5 nitrogen and oxygen atoms in total. The molecule has 0 aromatic heterocycles. The molecule has 0 saturated carbocycles. The average molecular weight is 327 g/mol. The number of hydroxylamine groups is 2. The first-order valence-electron chi connectivity index (χ1n) is 8.11. The summed E-state index contributed by atoms with van der Waals surface area (Å²) in [5.74, 6) is 0.348. The number of hydrogen-bond donors (Lipinski definition) is 2. The van der Waals surface area contributed by atoms with Crippen molar-refractivity contribution in [1.29, 1.82) is 0 Å². The van der Waals surface area contributed by atoms with E-state index in [1.807, 2.05) is 42.5 Å². The van der Waals surface area contributed by atoms with Gasteiger partial charge in [-0.3, -0.25) is 10.0 Å². The molecule has 5 heteroatoms. The van der Waals surface area contributed by atoms with Crippen LogP contribution in [0.5, 0.6) is 5.75 Å². The molecular formula is C19H21NO4. The molecule has 0 fully saturated rings.